The summed E-state index contributed by atoms with van der Waals surface area (Å²) in [4.78, 5) is 2.58. The molecule has 2 fully saturated rings. The summed E-state index contributed by atoms with van der Waals surface area (Å²) in [6.07, 6.45) is 6.41. The third-order valence-electron chi connectivity index (χ3n) is 5.69. The molecule has 3 aliphatic rings. The molecule has 0 aliphatic carbocycles. The van der Waals surface area contributed by atoms with E-state index < -0.39 is 5.60 Å². The molecule has 3 heterocycles. The molecule has 3 nitrogen and oxygen atoms in total. The topological polar surface area (TPSA) is 32.7 Å². The SMILES string of the molecule is OC1(CC2CCOc3ccccc32)CCN2CCCC2C1. The average Bonchev–Trinajstić information content (AvgIpc) is 2.94. The number of hydrogen-bond acceptors (Lipinski definition) is 3. The third-order valence-corrected chi connectivity index (χ3v) is 5.69. The molecule has 1 aromatic carbocycles. The van der Waals surface area contributed by atoms with E-state index in [-0.39, 0.29) is 0 Å². The maximum atomic E-state index is 11.1. The monoisotopic (exact) mass is 287 g/mol. The smallest absolute Gasteiger partial charge is 0.122 e. The van der Waals surface area contributed by atoms with Gasteiger partial charge in [0, 0.05) is 12.6 Å². The van der Waals surface area contributed by atoms with Crippen LogP contribution >= 0.6 is 0 Å². The van der Waals surface area contributed by atoms with Crippen molar-refractivity contribution in [3.05, 3.63) is 29.8 Å². The highest BCUT2D eigenvalue weighted by Crippen LogP contribution is 2.43. The summed E-state index contributed by atoms with van der Waals surface area (Å²) in [6.45, 7) is 3.10. The molecule has 114 valence electrons. The van der Waals surface area contributed by atoms with Gasteiger partial charge in [0.05, 0.1) is 12.2 Å². The Morgan fingerprint density at radius 3 is 3.10 bits per heavy atom. The van der Waals surface area contributed by atoms with Crippen molar-refractivity contribution in [2.75, 3.05) is 19.7 Å². The van der Waals surface area contributed by atoms with Crippen LogP contribution in [0.3, 0.4) is 0 Å². The maximum absolute atomic E-state index is 11.1. The number of piperidine rings is 1. The van der Waals surface area contributed by atoms with Gasteiger partial charge >= 0.3 is 0 Å². The molecule has 1 N–H and O–H groups in total. The fraction of sp³-hybridized carbons (Fsp3) is 0.667. The lowest BCUT2D eigenvalue weighted by Crippen LogP contribution is -2.48. The van der Waals surface area contributed by atoms with Crippen molar-refractivity contribution in [2.45, 2.75) is 56.1 Å². The summed E-state index contributed by atoms with van der Waals surface area (Å²) in [5, 5.41) is 11.1. The summed E-state index contributed by atoms with van der Waals surface area (Å²) in [5.74, 6) is 1.48. The molecule has 0 saturated carbocycles. The predicted octanol–water partition coefficient (Wildman–Crippen LogP) is 2.93. The molecule has 1 aromatic rings. The fourth-order valence-electron chi connectivity index (χ4n) is 4.59. The first-order valence-electron chi connectivity index (χ1n) is 8.42. The minimum absolute atomic E-state index is 0.452. The Morgan fingerprint density at radius 1 is 1.24 bits per heavy atom. The van der Waals surface area contributed by atoms with Crippen LogP contribution in [0.4, 0.5) is 0 Å². The zero-order valence-electron chi connectivity index (χ0n) is 12.6. The van der Waals surface area contributed by atoms with Crippen LogP contribution in [0.25, 0.3) is 0 Å². The number of benzene rings is 1. The Kier molecular flexibility index (Phi) is 3.43. The van der Waals surface area contributed by atoms with Crippen molar-refractivity contribution < 1.29 is 9.84 Å². The van der Waals surface area contributed by atoms with Gasteiger partial charge in [-0.25, -0.2) is 0 Å². The molecule has 3 aliphatic heterocycles. The number of ether oxygens (including phenoxy) is 1. The highest BCUT2D eigenvalue weighted by atomic mass is 16.5. The van der Waals surface area contributed by atoms with Gasteiger partial charge in [-0.15, -0.1) is 0 Å². The molecule has 4 rings (SSSR count). The number of para-hydroxylation sites is 1. The van der Waals surface area contributed by atoms with E-state index in [2.05, 4.69) is 23.1 Å². The van der Waals surface area contributed by atoms with Gasteiger partial charge in [0.25, 0.3) is 0 Å². The van der Waals surface area contributed by atoms with Crippen LogP contribution < -0.4 is 4.74 Å². The van der Waals surface area contributed by atoms with Gasteiger partial charge in [0.2, 0.25) is 0 Å². The van der Waals surface area contributed by atoms with Crippen molar-refractivity contribution in [1.82, 2.24) is 4.90 Å². The highest BCUT2D eigenvalue weighted by molar-refractivity contribution is 5.38. The second-order valence-electron chi connectivity index (χ2n) is 7.09. The van der Waals surface area contributed by atoms with Crippen LogP contribution in [0.5, 0.6) is 5.75 Å². The van der Waals surface area contributed by atoms with Crippen molar-refractivity contribution in [3.63, 3.8) is 0 Å². The lowest BCUT2D eigenvalue weighted by atomic mass is 9.76. The van der Waals surface area contributed by atoms with E-state index in [1.54, 1.807) is 0 Å². The Bertz CT molecular complexity index is 518. The Morgan fingerprint density at radius 2 is 2.14 bits per heavy atom. The molecular formula is C18H25NO2. The Labute approximate surface area is 126 Å². The molecule has 0 amide bonds. The van der Waals surface area contributed by atoms with Crippen LogP contribution in [0.1, 0.15) is 50.0 Å². The summed E-state index contributed by atoms with van der Waals surface area (Å²) < 4.78 is 5.76. The van der Waals surface area contributed by atoms with Gasteiger partial charge in [0.1, 0.15) is 5.75 Å². The summed E-state index contributed by atoms with van der Waals surface area (Å²) in [6, 6.07) is 8.98. The molecule has 0 bridgehead atoms. The fourth-order valence-corrected chi connectivity index (χ4v) is 4.59. The molecular weight excluding hydrogens is 262 g/mol. The second kappa shape index (κ2) is 5.29. The Hall–Kier alpha value is -1.06. The first kappa shape index (κ1) is 13.6. The summed E-state index contributed by atoms with van der Waals surface area (Å²) in [7, 11) is 0. The van der Waals surface area contributed by atoms with Crippen molar-refractivity contribution >= 4 is 0 Å². The van der Waals surface area contributed by atoms with Gasteiger partial charge in [-0.1, -0.05) is 18.2 Å². The lowest BCUT2D eigenvalue weighted by molar-refractivity contribution is -0.0484. The lowest BCUT2D eigenvalue weighted by Gasteiger charge is -2.43. The molecule has 0 aromatic heterocycles. The number of fused-ring (bicyclic) bond motifs is 2. The van der Waals surface area contributed by atoms with E-state index in [4.69, 9.17) is 4.74 Å². The second-order valence-corrected chi connectivity index (χ2v) is 7.09. The standard InChI is InChI=1S/C18H25NO2/c20-18(8-10-19-9-3-4-15(19)13-18)12-14-7-11-21-17-6-2-1-5-16(14)17/h1-2,5-6,14-15,20H,3-4,7-13H2. The molecule has 3 unspecified atom stereocenters. The van der Waals surface area contributed by atoms with Gasteiger partial charge in [-0.2, -0.15) is 0 Å². The van der Waals surface area contributed by atoms with E-state index in [0.29, 0.717) is 12.0 Å². The quantitative estimate of drug-likeness (QED) is 0.908. The van der Waals surface area contributed by atoms with E-state index >= 15 is 0 Å². The average molecular weight is 287 g/mol. The third kappa shape index (κ3) is 2.58. The van der Waals surface area contributed by atoms with Crippen molar-refractivity contribution in [1.29, 1.82) is 0 Å². The molecule has 0 spiro atoms. The van der Waals surface area contributed by atoms with E-state index in [9.17, 15) is 5.11 Å². The number of nitrogens with zero attached hydrogens (tertiary/aromatic N) is 1. The van der Waals surface area contributed by atoms with Crippen LogP contribution in [0, 0.1) is 0 Å². The summed E-state index contributed by atoms with van der Waals surface area (Å²) in [5.41, 5.74) is 0.826. The van der Waals surface area contributed by atoms with E-state index in [1.165, 1.54) is 24.9 Å². The molecule has 3 heteroatoms. The molecule has 3 atom stereocenters. The number of aliphatic hydroxyl groups is 1. The van der Waals surface area contributed by atoms with Crippen molar-refractivity contribution in [3.8, 4) is 5.75 Å². The zero-order chi connectivity index (χ0) is 14.3. The molecule has 2 saturated heterocycles. The predicted molar refractivity (Wildman–Crippen MR) is 82.7 cm³/mol. The first-order valence-corrected chi connectivity index (χ1v) is 8.42. The van der Waals surface area contributed by atoms with Gasteiger partial charge in [-0.05, 0) is 62.6 Å². The molecule has 21 heavy (non-hydrogen) atoms. The number of rotatable bonds is 2. The van der Waals surface area contributed by atoms with E-state index in [0.717, 1.165) is 44.6 Å². The largest absolute Gasteiger partial charge is 0.493 e. The van der Waals surface area contributed by atoms with Crippen LogP contribution in [0.15, 0.2) is 24.3 Å². The summed E-state index contributed by atoms with van der Waals surface area (Å²) >= 11 is 0. The van der Waals surface area contributed by atoms with Gasteiger partial charge < -0.3 is 14.7 Å². The maximum Gasteiger partial charge on any atom is 0.122 e. The van der Waals surface area contributed by atoms with Gasteiger partial charge in [0.15, 0.2) is 0 Å². The van der Waals surface area contributed by atoms with Crippen LogP contribution in [0.2, 0.25) is 0 Å². The number of hydrogen-bond donors (Lipinski definition) is 1. The van der Waals surface area contributed by atoms with Gasteiger partial charge in [-0.3, -0.25) is 0 Å². The zero-order valence-corrected chi connectivity index (χ0v) is 12.6. The van der Waals surface area contributed by atoms with Crippen LogP contribution in [-0.4, -0.2) is 41.3 Å². The van der Waals surface area contributed by atoms with E-state index in [1.807, 2.05) is 6.07 Å². The first-order chi connectivity index (χ1) is 10.2. The van der Waals surface area contributed by atoms with Crippen molar-refractivity contribution in [2.24, 2.45) is 0 Å². The highest BCUT2D eigenvalue weighted by Gasteiger charge is 2.42. The van der Waals surface area contributed by atoms with Crippen LogP contribution in [-0.2, 0) is 0 Å². The molecule has 0 radical (unpaired) electrons. The minimum atomic E-state index is -0.472. The normalized spacial score (nSPS) is 35.9. The minimum Gasteiger partial charge on any atom is -0.493 e. The Balaban J connectivity index is 1.51.